The minimum absolute atomic E-state index is 0.239. The molecule has 2 N–H and O–H groups in total. The van der Waals surface area contributed by atoms with Gasteiger partial charge in [0.1, 0.15) is 11.5 Å². The molecule has 0 bridgehead atoms. The lowest BCUT2D eigenvalue weighted by Crippen LogP contribution is -2.17. The molecule has 5 nitrogen and oxygen atoms in total. The summed E-state index contributed by atoms with van der Waals surface area (Å²) in [6, 6.07) is 20.0. The van der Waals surface area contributed by atoms with E-state index in [1.54, 1.807) is 43.5 Å². The second kappa shape index (κ2) is 9.21. The van der Waals surface area contributed by atoms with Gasteiger partial charge in [-0.15, -0.1) is 0 Å². The highest BCUT2D eigenvalue weighted by Crippen LogP contribution is 2.24. The van der Waals surface area contributed by atoms with Crippen molar-refractivity contribution in [2.75, 3.05) is 17.7 Å². The van der Waals surface area contributed by atoms with E-state index in [9.17, 15) is 4.79 Å². The van der Waals surface area contributed by atoms with Crippen LogP contribution in [0.2, 0.25) is 0 Å². The number of carbonyl (C=O) groups excluding carboxylic acids is 1. The van der Waals surface area contributed by atoms with Crippen molar-refractivity contribution in [1.82, 2.24) is 0 Å². The maximum Gasteiger partial charge on any atom is 0.266 e. The Balaban J connectivity index is 1.63. The van der Waals surface area contributed by atoms with Gasteiger partial charge in [0.15, 0.2) is 0 Å². The Hall–Kier alpha value is -3.38. The van der Waals surface area contributed by atoms with Crippen LogP contribution in [0.4, 0.5) is 11.4 Å². The average Bonchev–Trinajstić information content (AvgIpc) is 2.72. The number of para-hydroxylation sites is 2. The van der Waals surface area contributed by atoms with Crippen molar-refractivity contribution in [2.24, 2.45) is 0 Å². The lowest BCUT2D eigenvalue weighted by atomic mass is 10.1. The van der Waals surface area contributed by atoms with E-state index in [0.29, 0.717) is 22.7 Å². The molecule has 3 aromatic carbocycles. The molecule has 0 saturated heterocycles. The van der Waals surface area contributed by atoms with Crippen LogP contribution in [0.3, 0.4) is 0 Å². The average molecular weight is 407 g/mol. The van der Waals surface area contributed by atoms with Gasteiger partial charge in [0.25, 0.3) is 11.1 Å². The van der Waals surface area contributed by atoms with Crippen LogP contribution >= 0.6 is 12.2 Å². The summed E-state index contributed by atoms with van der Waals surface area (Å²) >= 11 is 5.29. The first-order valence-electron chi connectivity index (χ1n) is 9.07. The first-order chi connectivity index (χ1) is 14.0. The van der Waals surface area contributed by atoms with Crippen LogP contribution in [0.1, 0.15) is 21.5 Å². The van der Waals surface area contributed by atoms with Crippen molar-refractivity contribution in [2.45, 2.75) is 13.8 Å². The van der Waals surface area contributed by atoms with Crippen LogP contribution in [-0.2, 0) is 0 Å². The van der Waals surface area contributed by atoms with Crippen molar-refractivity contribution in [3.8, 4) is 11.5 Å². The summed E-state index contributed by atoms with van der Waals surface area (Å²) in [5, 5.41) is 6.18. The van der Waals surface area contributed by atoms with Crippen LogP contribution in [0.25, 0.3) is 0 Å². The van der Waals surface area contributed by atoms with Gasteiger partial charge in [-0.2, -0.15) is 0 Å². The maximum atomic E-state index is 12.5. The summed E-state index contributed by atoms with van der Waals surface area (Å²) < 4.78 is 10.9. The highest BCUT2D eigenvalue weighted by atomic mass is 32.1. The Kier molecular flexibility index (Phi) is 6.46. The number of thiocarbonyl (C=S) groups is 1. The number of hydrogen-bond donors (Lipinski definition) is 2. The lowest BCUT2D eigenvalue weighted by Gasteiger charge is -2.13. The molecular weight excluding hydrogens is 384 g/mol. The molecule has 0 atom stereocenters. The Labute approximate surface area is 175 Å². The van der Waals surface area contributed by atoms with Gasteiger partial charge in [0.05, 0.1) is 12.8 Å². The number of ether oxygens (including phenoxy) is 2. The van der Waals surface area contributed by atoms with Gasteiger partial charge in [-0.25, -0.2) is 0 Å². The van der Waals surface area contributed by atoms with Crippen LogP contribution in [0, 0.1) is 13.8 Å². The van der Waals surface area contributed by atoms with E-state index in [4.69, 9.17) is 21.7 Å². The van der Waals surface area contributed by atoms with E-state index in [1.165, 1.54) is 5.56 Å². The summed E-state index contributed by atoms with van der Waals surface area (Å²) in [6.07, 6.45) is 0. The molecule has 0 aliphatic heterocycles. The fourth-order valence-electron chi connectivity index (χ4n) is 2.75. The number of hydrogen-bond acceptors (Lipinski definition) is 4. The molecule has 6 heteroatoms. The fourth-order valence-corrected chi connectivity index (χ4v) is 2.95. The number of rotatable bonds is 5. The van der Waals surface area contributed by atoms with E-state index in [-0.39, 0.29) is 11.1 Å². The monoisotopic (exact) mass is 406 g/mol. The molecule has 0 unspecified atom stereocenters. The van der Waals surface area contributed by atoms with Crippen LogP contribution in [0.5, 0.6) is 11.5 Å². The highest BCUT2D eigenvalue weighted by Gasteiger charge is 2.10. The third kappa shape index (κ3) is 5.12. The second-order valence-corrected chi connectivity index (χ2v) is 6.81. The third-order valence-electron chi connectivity index (χ3n) is 4.52. The quantitative estimate of drug-likeness (QED) is 0.560. The largest absolute Gasteiger partial charge is 0.495 e. The molecular formula is C23H22N2O3S. The van der Waals surface area contributed by atoms with Gasteiger partial charge in [-0.05, 0) is 79.7 Å². The summed E-state index contributed by atoms with van der Waals surface area (Å²) in [5.74, 6) is 0.905. The highest BCUT2D eigenvalue weighted by molar-refractivity contribution is 7.80. The van der Waals surface area contributed by atoms with Crippen molar-refractivity contribution < 1.29 is 14.3 Å². The molecule has 0 heterocycles. The number of aryl methyl sites for hydroxylation is 1. The topological polar surface area (TPSA) is 59.6 Å². The fraction of sp³-hybridized carbons (Fsp3) is 0.130. The molecule has 3 rings (SSSR count). The van der Waals surface area contributed by atoms with Crippen molar-refractivity contribution >= 4 is 34.7 Å². The number of carbonyl (C=O) groups is 1. The van der Waals surface area contributed by atoms with E-state index in [0.717, 1.165) is 11.3 Å². The van der Waals surface area contributed by atoms with E-state index >= 15 is 0 Å². The first-order valence-corrected chi connectivity index (χ1v) is 9.48. The summed E-state index contributed by atoms with van der Waals surface area (Å²) in [7, 11) is 1.56. The molecule has 1 amide bonds. The normalized spacial score (nSPS) is 10.2. The smallest absolute Gasteiger partial charge is 0.266 e. The Morgan fingerprint density at radius 3 is 2.28 bits per heavy atom. The Bertz CT molecular complexity index is 1030. The Morgan fingerprint density at radius 2 is 1.55 bits per heavy atom. The zero-order valence-electron chi connectivity index (χ0n) is 16.5. The number of amides is 1. The number of anilines is 2. The number of benzene rings is 3. The van der Waals surface area contributed by atoms with Gasteiger partial charge in [0.2, 0.25) is 0 Å². The van der Waals surface area contributed by atoms with Gasteiger partial charge in [-0.1, -0.05) is 24.3 Å². The predicted molar refractivity (Wildman–Crippen MR) is 120 cm³/mol. The van der Waals surface area contributed by atoms with E-state index in [2.05, 4.69) is 10.6 Å². The molecule has 148 valence electrons. The minimum atomic E-state index is -0.239. The minimum Gasteiger partial charge on any atom is -0.495 e. The lowest BCUT2D eigenvalue weighted by molar-refractivity contribution is 0.102. The molecule has 0 radical (unpaired) electrons. The summed E-state index contributed by atoms with van der Waals surface area (Å²) in [6.45, 7) is 4.06. The number of nitrogens with one attached hydrogen (secondary N) is 2. The van der Waals surface area contributed by atoms with Gasteiger partial charge in [-0.3, -0.25) is 4.79 Å². The van der Waals surface area contributed by atoms with Gasteiger partial charge >= 0.3 is 0 Å². The van der Waals surface area contributed by atoms with E-state index < -0.39 is 0 Å². The first kappa shape index (κ1) is 20.4. The van der Waals surface area contributed by atoms with Crippen LogP contribution in [-0.4, -0.2) is 18.2 Å². The standard InChI is InChI=1S/C23H22N2O3S/c1-15-7-6-9-19(16(15)2)25-23(29)28-18-13-11-17(12-14-18)22(26)24-20-8-4-5-10-21(20)27-3/h4-14H,1-3H3,(H,24,26)(H,25,29). The summed E-state index contributed by atoms with van der Waals surface area (Å²) in [5.41, 5.74) is 4.30. The predicted octanol–water partition coefficient (Wildman–Crippen LogP) is 5.34. The molecule has 0 spiro atoms. The van der Waals surface area contributed by atoms with Crippen molar-refractivity contribution in [3.05, 3.63) is 83.4 Å². The number of methoxy groups -OCH3 is 1. The van der Waals surface area contributed by atoms with Gasteiger partial charge < -0.3 is 20.1 Å². The van der Waals surface area contributed by atoms with Crippen LogP contribution < -0.4 is 20.1 Å². The van der Waals surface area contributed by atoms with Gasteiger partial charge in [0, 0.05) is 11.3 Å². The molecule has 0 aliphatic rings. The SMILES string of the molecule is COc1ccccc1NC(=O)c1ccc(OC(=S)Nc2cccc(C)c2C)cc1. The molecule has 0 saturated carbocycles. The molecule has 29 heavy (non-hydrogen) atoms. The second-order valence-electron chi connectivity index (χ2n) is 6.44. The van der Waals surface area contributed by atoms with Crippen molar-refractivity contribution in [1.29, 1.82) is 0 Å². The van der Waals surface area contributed by atoms with Crippen molar-refractivity contribution in [3.63, 3.8) is 0 Å². The van der Waals surface area contributed by atoms with Crippen LogP contribution in [0.15, 0.2) is 66.7 Å². The third-order valence-corrected chi connectivity index (χ3v) is 4.71. The molecule has 3 aromatic rings. The zero-order valence-corrected chi connectivity index (χ0v) is 17.3. The molecule has 0 aromatic heterocycles. The zero-order chi connectivity index (χ0) is 20.8. The molecule has 0 aliphatic carbocycles. The maximum absolute atomic E-state index is 12.5. The molecule has 0 fully saturated rings. The van der Waals surface area contributed by atoms with E-state index in [1.807, 2.05) is 44.2 Å². The Morgan fingerprint density at radius 1 is 0.862 bits per heavy atom. The summed E-state index contributed by atoms with van der Waals surface area (Å²) in [4.78, 5) is 12.5.